The first-order valence-corrected chi connectivity index (χ1v) is 10.3. The van der Waals surface area contributed by atoms with E-state index in [0.717, 1.165) is 52.2 Å². The third kappa shape index (κ3) is 3.88. The number of nitrogens with one attached hydrogen (secondary N) is 1. The van der Waals surface area contributed by atoms with Gasteiger partial charge in [0, 0.05) is 31.3 Å². The summed E-state index contributed by atoms with van der Waals surface area (Å²) in [6.45, 7) is 10.8. The summed E-state index contributed by atoms with van der Waals surface area (Å²) in [5.41, 5.74) is 0.0906. The molecule has 3 atom stereocenters. The molecule has 1 aliphatic carbocycles. The fourth-order valence-electron chi connectivity index (χ4n) is 5.15. The van der Waals surface area contributed by atoms with E-state index in [1.165, 1.54) is 19.3 Å². The fraction of sp³-hybridized carbons (Fsp3) is 0.950. The standard InChI is InChI=1S/C20H36N2O3/c1-4-25-17-14-16(20(17)8-12-24-13-9-20)21-19(23)18(15(2)3)22-10-6-5-7-11-22/h15-18H,4-14H2,1-3H3,(H,21,23). The van der Waals surface area contributed by atoms with Gasteiger partial charge in [-0.15, -0.1) is 0 Å². The van der Waals surface area contributed by atoms with Crippen molar-refractivity contribution in [2.24, 2.45) is 11.3 Å². The van der Waals surface area contributed by atoms with Gasteiger partial charge in [-0.1, -0.05) is 20.3 Å². The second-order valence-electron chi connectivity index (χ2n) is 8.37. The summed E-state index contributed by atoms with van der Waals surface area (Å²) < 4.78 is 11.6. The number of carbonyl (C=O) groups is 1. The summed E-state index contributed by atoms with van der Waals surface area (Å²) in [5, 5.41) is 3.43. The molecule has 25 heavy (non-hydrogen) atoms. The molecule has 0 aromatic heterocycles. The van der Waals surface area contributed by atoms with Gasteiger partial charge in [0.05, 0.1) is 12.1 Å². The van der Waals surface area contributed by atoms with Gasteiger partial charge in [-0.2, -0.15) is 0 Å². The van der Waals surface area contributed by atoms with Crippen molar-refractivity contribution in [3.05, 3.63) is 0 Å². The molecule has 3 rings (SSSR count). The molecule has 0 aromatic rings. The molecule has 1 amide bonds. The maximum absolute atomic E-state index is 13.2. The van der Waals surface area contributed by atoms with Gasteiger partial charge >= 0.3 is 0 Å². The van der Waals surface area contributed by atoms with Crippen molar-refractivity contribution in [1.29, 1.82) is 0 Å². The lowest BCUT2D eigenvalue weighted by atomic mass is 9.57. The first-order valence-electron chi connectivity index (χ1n) is 10.3. The Morgan fingerprint density at radius 2 is 1.92 bits per heavy atom. The van der Waals surface area contributed by atoms with Crippen LogP contribution in [0.3, 0.4) is 0 Å². The Labute approximate surface area is 152 Å². The smallest absolute Gasteiger partial charge is 0.237 e. The van der Waals surface area contributed by atoms with Crippen LogP contribution >= 0.6 is 0 Å². The monoisotopic (exact) mass is 352 g/mol. The minimum Gasteiger partial charge on any atom is -0.381 e. The normalized spacial score (nSPS) is 30.9. The van der Waals surface area contributed by atoms with Gasteiger partial charge in [0.1, 0.15) is 0 Å². The molecule has 2 saturated heterocycles. The quantitative estimate of drug-likeness (QED) is 0.798. The van der Waals surface area contributed by atoms with Crippen molar-refractivity contribution in [2.75, 3.05) is 32.9 Å². The number of hydrogen-bond donors (Lipinski definition) is 1. The SMILES string of the molecule is CCOC1CC(NC(=O)C(C(C)C)N2CCCCC2)C12CCOCC2. The maximum atomic E-state index is 13.2. The molecule has 2 aliphatic heterocycles. The molecule has 1 N–H and O–H groups in total. The lowest BCUT2D eigenvalue weighted by Gasteiger charge is -2.57. The zero-order valence-corrected chi connectivity index (χ0v) is 16.3. The van der Waals surface area contributed by atoms with E-state index in [0.29, 0.717) is 5.92 Å². The van der Waals surface area contributed by atoms with E-state index >= 15 is 0 Å². The van der Waals surface area contributed by atoms with Crippen LogP contribution in [0.15, 0.2) is 0 Å². The Kier molecular flexibility index (Phi) is 6.39. The van der Waals surface area contributed by atoms with E-state index < -0.39 is 0 Å². The first kappa shape index (κ1) is 19.1. The highest BCUT2D eigenvalue weighted by molar-refractivity contribution is 5.82. The van der Waals surface area contributed by atoms with Crippen molar-refractivity contribution in [1.82, 2.24) is 10.2 Å². The second kappa shape index (κ2) is 8.36. The summed E-state index contributed by atoms with van der Waals surface area (Å²) in [5.74, 6) is 0.564. The zero-order chi connectivity index (χ0) is 17.9. The van der Waals surface area contributed by atoms with E-state index in [1.54, 1.807) is 0 Å². The molecule has 144 valence electrons. The van der Waals surface area contributed by atoms with Crippen LogP contribution in [0.25, 0.3) is 0 Å². The van der Waals surface area contributed by atoms with Crippen LogP contribution in [-0.4, -0.2) is 61.9 Å². The van der Waals surface area contributed by atoms with Crippen molar-refractivity contribution >= 4 is 5.91 Å². The number of piperidine rings is 1. The number of rotatable bonds is 6. The largest absolute Gasteiger partial charge is 0.381 e. The predicted octanol–water partition coefficient (Wildman–Crippen LogP) is 2.59. The summed E-state index contributed by atoms with van der Waals surface area (Å²) in [4.78, 5) is 15.6. The van der Waals surface area contributed by atoms with Gasteiger partial charge < -0.3 is 14.8 Å². The highest BCUT2D eigenvalue weighted by atomic mass is 16.5. The Hall–Kier alpha value is -0.650. The average Bonchev–Trinajstić information content (AvgIpc) is 2.62. The van der Waals surface area contributed by atoms with Crippen LogP contribution in [-0.2, 0) is 14.3 Å². The van der Waals surface area contributed by atoms with Crippen LogP contribution in [0.5, 0.6) is 0 Å². The van der Waals surface area contributed by atoms with E-state index in [1.807, 2.05) is 0 Å². The van der Waals surface area contributed by atoms with E-state index in [9.17, 15) is 4.79 Å². The number of carbonyl (C=O) groups excluding carboxylic acids is 1. The zero-order valence-electron chi connectivity index (χ0n) is 16.3. The minimum atomic E-state index is 0.00309. The molecule has 3 aliphatic rings. The molecular formula is C20H36N2O3. The van der Waals surface area contributed by atoms with Crippen LogP contribution in [0.1, 0.15) is 59.3 Å². The molecule has 1 saturated carbocycles. The Morgan fingerprint density at radius 3 is 2.52 bits per heavy atom. The fourth-order valence-corrected chi connectivity index (χ4v) is 5.15. The highest BCUT2D eigenvalue weighted by Crippen LogP contribution is 2.50. The Morgan fingerprint density at radius 1 is 1.24 bits per heavy atom. The summed E-state index contributed by atoms with van der Waals surface area (Å²) in [6, 6.07) is 0.245. The number of amides is 1. The molecule has 5 heteroatoms. The van der Waals surface area contributed by atoms with Crippen LogP contribution in [0, 0.1) is 11.3 Å². The molecule has 0 aromatic carbocycles. The Bertz CT molecular complexity index is 442. The van der Waals surface area contributed by atoms with Crippen molar-refractivity contribution < 1.29 is 14.3 Å². The number of likely N-dealkylation sites (tertiary alicyclic amines) is 1. The Balaban J connectivity index is 1.66. The van der Waals surface area contributed by atoms with Crippen molar-refractivity contribution in [2.45, 2.75) is 77.5 Å². The van der Waals surface area contributed by atoms with Crippen molar-refractivity contribution in [3.63, 3.8) is 0 Å². The topological polar surface area (TPSA) is 50.8 Å². The molecule has 1 spiro atoms. The highest BCUT2D eigenvalue weighted by Gasteiger charge is 2.57. The first-order chi connectivity index (χ1) is 12.1. The van der Waals surface area contributed by atoms with Gasteiger partial charge in [0.2, 0.25) is 5.91 Å². The van der Waals surface area contributed by atoms with Gasteiger partial charge in [0.25, 0.3) is 0 Å². The van der Waals surface area contributed by atoms with E-state index in [-0.39, 0.29) is 29.5 Å². The summed E-state index contributed by atoms with van der Waals surface area (Å²) in [7, 11) is 0. The molecule has 0 bridgehead atoms. The number of hydrogen-bond acceptors (Lipinski definition) is 4. The van der Waals surface area contributed by atoms with E-state index in [4.69, 9.17) is 9.47 Å². The molecule has 3 unspecified atom stereocenters. The second-order valence-corrected chi connectivity index (χ2v) is 8.37. The van der Waals surface area contributed by atoms with Crippen LogP contribution in [0.2, 0.25) is 0 Å². The summed E-state index contributed by atoms with van der Waals surface area (Å²) >= 11 is 0. The predicted molar refractivity (Wildman–Crippen MR) is 98.5 cm³/mol. The minimum absolute atomic E-state index is 0.00309. The molecule has 0 radical (unpaired) electrons. The van der Waals surface area contributed by atoms with Crippen LogP contribution in [0.4, 0.5) is 0 Å². The molecule has 2 heterocycles. The number of ether oxygens (including phenoxy) is 2. The third-order valence-electron chi connectivity index (χ3n) is 6.58. The summed E-state index contributed by atoms with van der Waals surface area (Å²) in [6.07, 6.45) is 6.95. The average molecular weight is 353 g/mol. The lowest BCUT2D eigenvalue weighted by molar-refractivity contribution is -0.177. The molecule has 3 fully saturated rings. The van der Waals surface area contributed by atoms with Crippen LogP contribution < -0.4 is 5.32 Å². The number of nitrogens with zero attached hydrogens (tertiary/aromatic N) is 1. The van der Waals surface area contributed by atoms with Gasteiger partial charge in [-0.3, -0.25) is 9.69 Å². The lowest BCUT2D eigenvalue weighted by Crippen LogP contribution is -2.68. The maximum Gasteiger partial charge on any atom is 0.237 e. The molecular weight excluding hydrogens is 316 g/mol. The van der Waals surface area contributed by atoms with Gasteiger partial charge in [0.15, 0.2) is 0 Å². The molecule has 5 nitrogen and oxygen atoms in total. The van der Waals surface area contributed by atoms with Gasteiger partial charge in [-0.25, -0.2) is 0 Å². The van der Waals surface area contributed by atoms with E-state index in [2.05, 4.69) is 31.0 Å². The third-order valence-corrected chi connectivity index (χ3v) is 6.58. The van der Waals surface area contributed by atoms with Gasteiger partial charge in [-0.05, 0) is 58.0 Å². The van der Waals surface area contributed by atoms with Crippen molar-refractivity contribution in [3.8, 4) is 0 Å².